The van der Waals surface area contributed by atoms with E-state index in [0.717, 1.165) is 32.4 Å². The normalized spacial score (nSPS) is 15.5. The second-order valence-corrected chi connectivity index (χ2v) is 5.30. The number of ether oxygens (including phenoxy) is 1. The fraction of sp³-hybridized carbons (Fsp3) is 0.667. The van der Waals surface area contributed by atoms with Gasteiger partial charge in [0.2, 0.25) is 0 Å². The number of likely N-dealkylation sites (tertiary alicyclic amines) is 1. The van der Waals surface area contributed by atoms with Crippen molar-refractivity contribution in [3.05, 3.63) is 12.4 Å². The van der Waals surface area contributed by atoms with Crippen LogP contribution in [0.3, 0.4) is 0 Å². The highest BCUT2D eigenvalue weighted by molar-refractivity contribution is 5.74. The minimum atomic E-state index is 0.0208. The number of rotatable bonds is 6. The van der Waals surface area contributed by atoms with Gasteiger partial charge < -0.3 is 20.3 Å². The van der Waals surface area contributed by atoms with Crippen LogP contribution in [-0.4, -0.2) is 53.2 Å². The van der Waals surface area contributed by atoms with E-state index in [1.54, 1.807) is 12.4 Å². The first-order chi connectivity index (χ1) is 10.7. The standard InChI is InChI=1S/C15H25N5O2/c1-3-11-22-14-13(17-7-8-18-14)19-12-5-9-20(10-6-12)15(21)16-4-2/h7-8,12H,3-6,9-11H2,1-2H3,(H,16,21)(H,17,19). The van der Waals surface area contributed by atoms with Gasteiger partial charge in [0, 0.05) is 38.1 Å². The largest absolute Gasteiger partial charge is 0.475 e. The molecule has 122 valence electrons. The van der Waals surface area contributed by atoms with E-state index in [-0.39, 0.29) is 12.1 Å². The average Bonchev–Trinajstić information content (AvgIpc) is 2.55. The Labute approximate surface area is 131 Å². The van der Waals surface area contributed by atoms with E-state index >= 15 is 0 Å². The number of nitrogens with one attached hydrogen (secondary N) is 2. The highest BCUT2D eigenvalue weighted by Crippen LogP contribution is 2.22. The minimum absolute atomic E-state index is 0.0208. The second-order valence-electron chi connectivity index (χ2n) is 5.30. The maximum atomic E-state index is 11.8. The maximum Gasteiger partial charge on any atom is 0.317 e. The third-order valence-electron chi connectivity index (χ3n) is 3.56. The Kier molecular flexibility index (Phi) is 6.24. The molecule has 1 aliphatic heterocycles. The molecule has 0 atom stereocenters. The zero-order valence-electron chi connectivity index (χ0n) is 13.3. The number of aromatic nitrogens is 2. The van der Waals surface area contributed by atoms with Crippen LogP contribution in [-0.2, 0) is 0 Å². The summed E-state index contributed by atoms with van der Waals surface area (Å²) in [6, 6.07) is 0.304. The van der Waals surface area contributed by atoms with E-state index in [0.29, 0.717) is 24.8 Å². The Bertz CT molecular complexity index is 475. The summed E-state index contributed by atoms with van der Waals surface area (Å²) in [5, 5.41) is 6.23. The number of amides is 2. The predicted octanol–water partition coefficient (Wildman–Crippen LogP) is 1.87. The van der Waals surface area contributed by atoms with Crippen molar-refractivity contribution >= 4 is 11.8 Å². The first-order valence-electron chi connectivity index (χ1n) is 7.97. The van der Waals surface area contributed by atoms with E-state index < -0.39 is 0 Å². The molecule has 1 aromatic rings. The number of nitrogens with zero attached hydrogens (tertiary/aromatic N) is 3. The van der Waals surface area contributed by atoms with Crippen LogP contribution in [0.1, 0.15) is 33.1 Å². The molecule has 0 bridgehead atoms. The fourth-order valence-corrected chi connectivity index (χ4v) is 2.41. The molecule has 0 aliphatic carbocycles. The van der Waals surface area contributed by atoms with Crippen molar-refractivity contribution < 1.29 is 9.53 Å². The number of anilines is 1. The van der Waals surface area contributed by atoms with Crippen molar-refractivity contribution in [1.29, 1.82) is 0 Å². The first kappa shape index (κ1) is 16.3. The van der Waals surface area contributed by atoms with Gasteiger partial charge in [-0.05, 0) is 26.2 Å². The highest BCUT2D eigenvalue weighted by Gasteiger charge is 2.23. The van der Waals surface area contributed by atoms with Gasteiger partial charge in [0.05, 0.1) is 6.61 Å². The van der Waals surface area contributed by atoms with E-state index in [4.69, 9.17) is 4.74 Å². The smallest absolute Gasteiger partial charge is 0.317 e. The second kappa shape index (κ2) is 8.41. The fourth-order valence-electron chi connectivity index (χ4n) is 2.41. The third-order valence-corrected chi connectivity index (χ3v) is 3.56. The van der Waals surface area contributed by atoms with Crippen LogP contribution in [0, 0.1) is 0 Å². The predicted molar refractivity (Wildman–Crippen MR) is 85.1 cm³/mol. The minimum Gasteiger partial charge on any atom is -0.475 e. The van der Waals surface area contributed by atoms with Crippen LogP contribution in [0.5, 0.6) is 5.88 Å². The molecule has 1 aliphatic rings. The van der Waals surface area contributed by atoms with Gasteiger partial charge in [-0.15, -0.1) is 0 Å². The number of hydrogen-bond acceptors (Lipinski definition) is 5. The Balaban J connectivity index is 1.87. The van der Waals surface area contributed by atoms with Crippen molar-refractivity contribution in [1.82, 2.24) is 20.2 Å². The van der Waals surface area contributed by atoms with Gasteiger partial charge in [0.25, 0.3) is 5.88 Å². The lowest BCUT2D eigenvalue weighted by atomic mass is 10.1. The summed E-state index contributed by atoms with van der Waals surface area (Å²) < 4.78 is 5.61. The Morgan fingerprint density at radius 3 is 2.73 bits per heavy atom. The van der Waals surface area contributed by atoms with Crippen molar-refractivity contribution in [2.24, 2.45) is 0 Å². The zero-order chi connectivity index (χ0) is 15.8. The lowest BCUT2D eigenvalue weighted by Gasteiger charge is -2.32. The quantitative estimate of drug-likeness (QED) is 0.839. The molecule has 2 rings (SSSR count). The van der Waals surface area contributed by atoms with Crippen LogP contribution in [0.2, 0.25) is 0 Å². The monoisotopic (exact) mass is 307 g/mol. The van der Waals surface area contributed by atoms with Crippen LogP contribution >= 0.6 is 0 Å². The van der Waals surface area contributed by atoms with Gasteiger partial charge in [-0.2, -0.15) is 0 Å². The van der Waals surface area contributed by atoms with E-state index in [1.165, 1.54) is 0 Å². The van der Waals surface area contributed by atoms with E-state index in [1.807, 2.05) is 11.8 Å². The zero-order valence-corrected chi connectivity index (χ0v) is 13.3. The molecule has 0 spiro atoms. The Hall–Kier alpha value is -2.05. The summed E-state index contributed by atoms with van der Waals surface area (Å²) in [6.07, 6.45) is 6.00. The van der Waals surface area contributed by atoms with Gasteiger partial charge in [-0.25, -0.2) is 14.8 Å². The highest BCUT2D eigenvalue weighted by atomic mass is 16.5. The molecular weight excluding hydrogens is 282 g/mol. The molecule has 7 heteroatoms. The molecule has 7 nitrogen and oxygen atoms in total. The summed E-state index contributed by atoms with van der Waals surface area (Å²) in [6.45, 7) is 6.76. The van der Waals surface area contributed by atoms with Crippen LogP contribution in [0.25, 0.3) is 0 Å². The number of carbonyl (C=O) groups is 1. The summed E-state index contributed by atoms with van der Waals surface area (Å²) >= 11 is 0. The molecule has 2 amide bonds. The van der Waals surface area contributed by atoms with Crippen molar-refractivity contribution in [3.63, 3.8) is 0 Å². The van der Waals surface area contributed by atoms with Crippen molar-refractivity contribution in [3.8, 4) is 5.88 Å². The van der Waals surface area contributed by atoms with Crippen molar-refractivity contribution in [2.75, 3.05) is 31.6 Å². The summed E-state index contributed by atoms with van der Waals surface area (Å²) in [5.74, 6) is 1.24. The first-order valence-corrected chi connectivity index (χ1v) is 7.97. The average molecular weight is 307 g/mol. The molecule has 22 heavy (non-hydrogen) atoms. The van der Waals surface area contributed by atoms with Gasteiger partial charge in [0.1, 0.15) is 0 Å². The SMILES string of the molecule is CCCOc1nccnc1NC1CCN(C(=O)NCC)CC1. The molecule has 1 fully saturated rings. The number of piperidine rings is 1. The van der Waals surface area contributed by atoms with Crippen molar-refractivity contribution in [2.45, 2.75) is 39.2 Å². The summed E-state index contributed by atoms with van der Waals surface area (Å²) in [7, 11) is 0. The number of carbonyl (C=O) groups excluding carboxylic acids is 1. The molecule has 2 N–H and O–H groups in total. The van der Waals surface area contributed by atoms with Gasteiger partial charge in [0.15, 0.2) is 5.82 Å². The molecule has 0 aromatic carbocycles. The Morgan fingerprint density at radius 1 is 1.32 bits per heavy atom. The number of hydrogen-bond donors (Lipinski definition) is 2. The van der Waals surface area contributed by atoms with Crippen LogP contribution < -0.4 is 15.4 Å². The molecular formula is C15H25N5O2. The third kappa shape index (κ3) is 4.47. The van der Waals surface area contributed by atoms with Gasteiger partial charge in [-0.3, -0.25) is 0 Å². The lowest BCUT2D eigenvalue weighted by molar-refractivity contribution is 0.184. The molecule has 0 unspecified atom stereocenters. The summed E-state index contributed by atoms with van der Waals surface area (Å²) in [5.41, 5.74) is 0. The lowest BCUT2D eigenvalue weighted by Crippen LogP contribution is -2.46. The van der Waals surface area contributed by atoms with Crippen LogP contribution in [0.15, 0.2) is 12.4 Å². The molecule has 1 aromatic heterocycles. The van der Waals surface area contributed by atoms with Gasteiger partial charge >= 0.3 is 6.03 Å². The van der Waals surface area contributed by atoms with Crippen LogP contribution in [0.4, 0.5) is 10.6 Å². The molecule has 1 saturated heterocycles. The number of urea groups is 1. The van der Waals surface area contributed by atoms with E-state index in [9.17, 15) is 4.79 Å². The topological polar surface area (TPSA) is 79.4 Å². The molecule has 2 heterocycles. The maximum absolute atomic E-state index is 11.8. The van der Waals surface area contributed by atoms with E-state index in [2.05, 4.69) is 27.5 Å². The Morgan fingerprint density at radius 2 is 2.05 bits per heavy atom. The molecule has 0 saturated carbocycles. The van der Waals surface area contributed by atoms with Gasteiger partial charge in [-0.1, -0.05) is 6.92 Å². The molecule has 0 radical (unpaired) electrons. The summed E-state index contributed by atoms with van der Waals surface area (Å²) in [4.78, 5) is 22.2.